The van der Waals surface area contributed by atoms with Gasteiger partial charge in [0, 0.05) is 10.9 Å². The highest BCUT2D eigenvalue weighted by atomic mass is 32.1. The van der Waals surface area contributed by atoms with Gasteiger partial charge in [-0.2, -0.15) is 0 Å². The van der Waals surface area contributed by atoms with E-state index in [4.69, 9.17) is 10.8 Å². The summed E-state index contributed by atoms with van der Waals surface area (Å²) in [7, 11) is 0. The van der Waals surface area contributed by atoms with Gasteiger partial charge >= 0.3 is 5.97 Å². The van der Waals surface area contributed by atoms with Crippen LogP contribution in [0.1, 0.15) is 13.3 Å². The van der Waals surface area contributed by atoms with Crippen molar-refractivity contribution in [1.29, 1.82) is 0 Å². The summed E-state index contributed by atoms with van der Waals surface area (Å²) in [6, 6.07) is -0.475. The predicted octanol–water partition coefficient (Wildman–Crippen LogP) is 0.178. The smallest absolute Gasteiger partial charge is 0.305 e. The summed E-state index contributed by atoms with van der Waals surface area (Å²) in [4.78, 5) is 10.5. The molecule has 52 valence electrons. The highest BCUT2D eigenvalue weighted by molar-refractivity contribution is 7.80. The fraction of sp³-hybridized carbons (Fsp3) is 0.600. The maximum Gasteiger partial charge on any atom is 0.305 e. The molecule has 0 aliphatic carbocycles. The van der Waals surface area contributed by atoms with Gasteiger partial charge in [-0.1, -0.05) is 12.2 Å². The zero-order valence-electron chi connectivity index (χ0n) is 5.13. The standard InChI is InChI=1S/C5H9NO2S/c1-3(9)4(6)2-5(7)8/h4H,2,6H2,1H3,(H,7,8). The zero-order valence-corrected chi connectivity index (χ0v) is 5.94. The SMILES string of the molecule is CC(=S)C(N)CC(=O)O. The molecule has 4 heteroatoms. The van der Waals surface area contributed by atoms with Crippen LogP contribution in [0.4, 0.5) is 0 Å². The summed E-state index contributed by atoms with van der Waals surface area (Å²) in [6.45, 7) is 1.64. The van der Waals surface area contributed by atoms with Gasteiger partial charge in [-0.15, -0.1) is 0 Å². The Hall–Kier alpha value is -0.480. The number of hydrogen-bond donors (Lipinski definition) is 2. The van der Waals surface area contributed by atoms with Crippen molar-refractivity contribution in [1.82, 2.24) is 0 Å². The number of aliphatic carboxylic acids is 1. The Balaban J connectivity index is 3.63. The normalized spacial score (nSPS) is 12.7. The molecule has 0 fully saturated rings. The molecule has 0 aromatic carbocycles. The van der Waals surface area contributed by atoms with E-state index in [-0.39, 0.29) is 6.42 Å². The number of carbonyl (C=O) groups is 1. The van der Waals surface area contributed by atoms with Crippen molar-refractivity contribution in [3.8, 4) is 0 Å². The molecule has 0 aliphatic heterocycles. The number of nitrogens with two attached hydrogens (primary N) is 1. The van der Waals surface area contributed by atoms with Crippen LogP contribution in [0.15, 0.2) is 0 Å². The first-order valence-electron chi connectivity index (χ1n) is 2.52. The molecule has 0 aromatic rings. The van der Waals surface area contributed by atoms with Gasteiger partial charge in [0.1, 0.15) is 0 Å². The lowest BCUT2D eigenvalue weighted by atomic mass is 10.2. The molecular formula is C5H9NO2S. The molecule has 0 amide bonds. The van der Waals surface area contributed by atoms with Crippen molar-refractivity contribution in [2.24, 2.45) is 5.73 Å². The van der Waals surface area contributed by atoms with Crippen molar-refractivity contribution in [3.63, 3.8) is 0 Å². The molecule has 1 unspecified atom stereocenters. The summed E-state index contributed by atoms with van der Waals surface area (Å²) in [5.74, 6) is -0.910. The minimum Gasteiger partial charge on any atom is -0.481 e. The summed E-state index contributed by atoms with van der Waals surface area (Å²) >= 11 is 4.65. The van der Waals surface area contributed by atoms with E-state index in [9.17, 15) is 4.79 Å². The van der Waals surface area contributed by atoms with Gasteiger partial charge in [0.15, 0.2) is 0 Å². The maximum atomic E-state index is 9.97. The van der Waals surface area contributed by atoms with Crippen LogP contribution in [-0.2, 0) is 4.79 Å². The molecular weight excluding hydrogens is 138 g/mol. The average Bonchev–Trinajstić information content (AvgIpc) is 1.63. The van der Waals surface area contributed by atoms with E-state index in [0.717, 1.165) is 0 Å². The van der Waals surface area contributed by atoms with Crippen LogP contribution in [0.2, 0.25) is 0 Å². The van der Waals surface area contributed by atoms with E-state index in [1.165, 1.54) is 0 Å². The first kappa shape index (κ1) is 8.52. The average molecular weight is 147 g/mol. The van der Waals surface area contributed by atoms with Crippen molar-refractivity contribution in [2.75, 3.05) is 0 Å². The monoisotopic (exact) mass is 147 g/mol. The number of carboxylic acids is 1. The lowest BCUT2D eigenvalue weighted by Crippen LogP contribution is -2.29. The molecule has 0 saturated heterocycles. The van der Waals surface area contributed by atoms with Crippen LogP contribution < -0.4 is 5.73 Å². The predicted molar refractivity (Wildman–Crippen MR) is 38.5 cm³/mol. The van der Waals surface area contributed by atoms with Crippen molar-refractivity contribution < 1.29 is 9.90 Å². The van der Waals surface area contributed by atoms with Crippen LogP contribution in [0.3, 0.4) is 0 Å². The van der Waals surface area contributed by atoms with Gasteiger partial charge in [0.2, 0.25) is 0 Å². The molecule has 0 aromatic heterocycles. The minimum atomic E-state index is -0.910. The van der Waals surface area contributed by atoms with Gasteiger partial charge in [0.25, 0.3) is 0 Å². The largest absolute Gasteiger partial charge is 0.481 e. The van der Waals surface area contributed by atoms with E-state index >= 15 is 0 Å². The Morgan fingerprint density at radius 3 is 2.44 bits per heavy atom. The second-order valence-corrected chi connectivity index (χ2v) is 2.46. The fourth-order valence-electron chi connectivity index (χ4n) is 0.332. The number of carboxylic acid groups (broad SMARTS) is 1. The van der Waals surface area contributed by atoms with Crippen molar-refractivity contribution in [3.05, 3.63) is 0 Å². The third-order valence-electron chi connectivity index (χ3n) is 0.917. The molecule has 0 radical (unpaired) electrons. The molecule has 0 saturated carbocycles. The summed E-state index contributed by atoms with van der Waals surface area (Å²) < 4.78 is 0. The Morgan fingerprint density at radius 2 is 2.33 bits per heavy atom. The highest BCUT2D eigenvalue weighted by Crippen LogP contribution is 1.90. The molecule has 0 spiro atoms. The first-order valence-corrected chi connectivity index (χ1v) is 2.92. The van der Waals surface area contributed by atoms with E-state index in [1.54, 1.807) is 6.92 Å². The lowest BCUT2D eigenvalue weighted by Gasteiger charge is -2.03. The third kappa shape index (κ3) is 4.05. The van der Waals surface area contributed by atoms with Gasteiger partial charge < -0.3 is 10.8 Å². The van der Waals surface area contributed by atoms with Crippen LogP contribution in [-0.4, -0.2) is 22.0 Å². The van der Waals surface area contributed by atoms with E-state index in [1.807, 2.05) is 0 Å². The fourth-order valence-corrected chi connectivity index (χ4v) is 0.415. The molecule has 0 aliphatic rings. The number of thiocarbonyl (C=S) groups is 1. The lowest BCUT2D eigenvalue weighted by molar-refractivity contribution is -0.137. The maximum absolute atomic E-state index is 9.97. The highest BCUT2D eigenvalue weighted by Gasteiger charge is 2.08. The van der Waals surface area contributed by atoms with Gasteiger partial charge in [-0.3, -0.25) is 4.79 Å². The molecule has 3 N–H and O–H groups in total. The number of hydrogen-bond acceptors (Lipinski definition) is 3. The van der Waals surface area contributed by atoms with Crippen LogP contribution >= 0.6 is 12.2 Å². The van der Waals surface area contributed by atoms with Crippen molar-refractivity contribution in [2.45, 2.75) is 19.4 Å². The third-order valence-corrected chi connectivity index (χ3v) is 1.22. The van der Waals surface area contributed by atoms with Crippen molar-refractivity contribution >= 4 is 23.1 Å². The molecule has 9 heavy (non-hydrogen) atoms. The molecule has 0 heterocycles. The van der Waals surface area contributed by atoms with E-state index in [2.05, 4.69) is 12.2 Å². The minimum absolute atomic E-state index is 0.0741. The quantitative estimate of drug-likeness (QED) is 0.559. The van der Waals surface area contributed by atoms with Crippen LogP contribution in [0.5, 0.6) is 0 Å². The van der Waals surface area contributed by atoms with Crippen LogP contribution in [0, 0.1) is 0 Å². The molecule has 3 nitrogen and oxygen atoms in total. The zero-order chi connectivity index (χ0) is 7.44. The molecule has 1 atom stereocenters. The van der Waals surface area contributed by atoms with E-state index in [0.29, 0.717) is 4.86 Å². The second-order valence-electron chi connectivity index (χ2n) is 1.82. The van der Waals surface area contributed by atoms with E-state index < -0.39 is 12.0 Å². The summed E-state index contributed by atoms with van der Waals surface area (Å²) in [6.07, 6.45) is -0.0741. The Bertz CT molecular complexity index is 135. The number of rotatable bonds is 3. The Labute approximate surface area is 58.9 Å². The Morgan fingerprint density at radius 1 is 1.89 bits per heavy atom. The van der Waals surface area contributed by atoms with Crippen LogP contribution in [0.25, 0.3) is 0 Å². The topological polar surface area (TPSA) is 63.3 Å². The molecule has 0 bridgehead atoms. The second kappa shape index (κ2) is 3.53. The first-order chi connectivity index (χ1) is 4.04. The molecule has 0 rings (SSSR count). The van der Waals surface area contributed by atoms with Gasteiger partial charge in [-0.05, 0) is 6.92 Å². The summed E-state index contributed by atoms with van der Waals surface area (Å²) in [5, 5.41) is 8.19. The van der Waals surface area contributed by atoms with Gasteiger partial charge in [-0.25, -0.2) is 0 Å². The summed E-state index contributed by atoms with van der Waals surface area (Å²) in [5.41, 5.74) is 5.30. The Kier molecular flexibility index (Phi) is 3.34. The van der Waals surface area contributed by atoms with Gasteiger partial charge in [0.05, 0.1) is 6.42 Å².